The fourth-order valence-corrected chi connectivity index (χ4v) is 4.99. The monoisotopic (exact) mass is 360 g/mol. The molecule has 2 nitrogen and oxygen atoms in total. The van der Waals surface area contributed by atoms with Crippen LogP contribution in [-0.4, -0.2) is 31.1 Å². The second-order valence-corrected chi connectivity index (χ2v) is 8.27. The highest BCUT2D eigenvalue weighted by atomic mass is 35.5. The van der Waals surface area contributed by atoms with Crippen LogP contribution in [0.1, 0.15) is 20.3 Å². The van der Waals surface area contributed by atoms with Gasteiger partial charge < -0.3 is 9.80 Å². The van der Waals surface area contributed by atoms with Gasteiger partial charge in [0.2, 0.25) is 0 Å². The first-order valence-electron chi connectivity index (χ1n) is 8.42. The molecular formula is C20H25ClN2S. The minimum atomic E-state index is 0. The lowest BCUT2D eigenvalue weighted by molar-refractivity contribution is 0.218. The molecule has 0 aliphatic carbocycles. The van der Waals surface area contributed by atoms with Gasteiger partial charge in [0.1, 0.15) is 0 Å². The lowest BCUT2D eigenvalue weighted by Crippen LogP contribution is -2.41. The Kier molecular flexibility index (Phi) is 4.87. The molecule has 4 rings (SSSR count). The van der Waals surface area contributed by atoms with Gasteiger partial charge in [0, 0.05) is 27.8 Å². The first-order valence-corrected chi connectivity index (χ1v) is 9.24. The van der Waals surface area contributed by atoms with Crippen LogP contribution in [0.25, 0.3) is 0 Å². The molecule has 2 aromatic carbocycles. The Morgan fingerprint density at radius 1 is 1.04 bits per heavy atom. The van der Waals surface area contributed by atoms with Crippen molar-refractivity contribution >= 4 is 35.5 Å². The van der Waals surface area contributed by atoms with Gasteiger partial charge in [-0.25, -0.2) is 0 Å². The van der Waals surface area contributed by atoms with E-state index in [4.69, 9.17) is 0 Å². The molecular weight excluding hydrogens is 336 g/mol. The quantitative estimate of drug-likeness (QED) is 0.703. The molecule has 24 heavy (non-hydrogen) atoms. The summed E-state index contributed by atoms with van der Waals surface area (Å²) in [6, 6.07) is 18.2. The summed E-state index contributed by atoms with van der Waals surface area (Å²) < 4.78 is 0. The number of hydrogen-bond acceptors (Lipinski definition) is 3. The zero-order chi connectivity index (χ0) is 16.0. The third-order valence-electron chi connectivity index (χ3n) is 5.76. The molecule has 0 bridgehead atoms. The first-order chi connectivity index (χ1) is 11.1. The molecule has 0 amide bonds. The van der Waals surface area contributed by atoms with E-state index in [0.29, 0.717) is 11.5 Å². The van der Waals surface area contributed by atoms with Crippen LogP contribution in [0.4, 0.5) is 11.4 Å². The minimum absolute atomic E-state index is 0. The zero-order valence-electron chi connectivity index (χ0n) is 14.5. The second kappa shape index (κ2) is 6.62. The molecule has 0 spiro atoms. The SMILES string of the molecule is CC1N(C)CCC1(C)CN1c2ccccc2Sc2ccccc21.Cl. The van der Waals surface area contributed by atoms with Crippen LogP contribution in [0.15, 0.2) is 58.3 Å². The summed E-state index contributed by atoms with van der Waals surface area (Å²) >= 11 is 1.89. The summed E-state index contributed by atoms with van der Waals surface area (Å²) in [5.41, 5.74) is 3.04. The lowest BCUT2D eigenvalue weighted by atomic mass is 9.82. The standard InChI is InChI=1S/C20H24N2S.ClH/c1-15-20(2,12-13-21(15)3)14-22-16-8-4-6-10-18(16)23-19-11-7-5-9-17(19)22;/h4-11,15H,12-14H2,1-3H3;1H. The van der Waals surface area contributed by atoms with Crippen molar-refractivity contribution in [1.82, 2.24) is 4.90 Å². The van der Waals surface area contributed by atoms with Gasteiger partial charge in [-0.05, 0) is 51.2 Å². The highest BCUT2D eigenvalue weighted by molar-refractivity contribution is 7.99. The predicted molar refractivity (Wildman–Crippen MR) is 106 cm³/mol. The van der Waals surface area contributed by atoms with E-state index in [1.54, 1.807) is 0 Å². The van der Waals surface area contributed by atoms with E-state index < -0.39 is 0 Å². The van der Waals surface area contributed by atoms with Crippen molar-refractivity contribution in [3.8, 4) is 0 Å². The van der Waals surface area contributed by atoms with E-state index in [9.17, 15) is 0 Å². The van der Waals surface area contributed by atoms with E-state index in [-0.39, 0.29) is 12.4 Å². The number of halogens is 1. The number of likely N-dealkylation sites (tertiary alicyclic amines) is 1. The summed E-state index contributed by atoms with van der Waals surface area (Å²) in [6.07, 6.45) is 1.26. The molecule has 2 heterocycles. The molecule has 128 valence electrons. The van der Waals surface area contributed by atoms with E-state index in [1.165, 1.54) is 34.1 Å². The van der Waals surface area contributed by atoms with Crippen LogP contribution < -0.4 is 4.90 Å². The van der Waals surface area contributed by atoms with Crippen molar-refractivity contribution in [3.63, 3.8) is 0 Å². The van der Waals surface area contributed by atoms with E-state index >= 15 is 0 Å². The van der Waals surface area contributed by atoms with Crippen LogP contribution in [-0.2, 0) is 0 Å². The van der Waals surface area contributed by atoms with Gasteiger partial charge in [-0.3, -0.25) is 0 Å². The minimum Gasteiger partial charge on any atom is -0.339 e. The summed E-state index contributed by atoms with van der Waals surface area (Å²) in [6.45, 7) is 7.11. The Morgan fingerprint density at radius 3 is 2.08 bits per heavy atom. The number of hydrogen-bond donors (Lipinski definition) is 0. The van der Waals surface area contributed by atoms with Crippen molar-refractivity contribution in [1.29, 1.82) is 0 Å². The third kappa shape index (κ3) is 2.83. The normalized spacial score (nSPS) is 25.8. The molecule has 4 heteroatoms. The van der Waals surface area contributed by atoms with Gasteiger partial charge in [0.25, 0.3) is 0 Å². The average molecular weight is 361 g/mol. The fraction of sp³-hybridized carbons (Fsp3) is 0.400. The molecule has 1 saturated heterocycles. The fourth-order valence-electron chi connectivity index (χ4n) is 3.89. The summed E-state index contributed by atoms with van der Waals surface area (Å²) in [5.74, 6) is 0. The highest BCUT2D eigenvalue weighted by Crippen LogP contribution is 2.50. The molecule has 0 N–H and O–H groups in total. The first kappa shape index (κ1) is 17.7. The summed E-state index contributed by atoms with van der Waals surface area (Å²) in [5, 5.41) is 0. The zero-order valence-corrected chi connectivity index (χ0v) is 16.2. The topological polar surface area (TPSA) is 6.48 Å². The van der Waals surface area contributed by atoms with Crippen LogP contribution >= 0.6 is 24.2 Å². The lowest BCUT2D eigenvalue weighted by Gasteiger charge is -2.40. The molecule has 0 saturated carbocycles. The second-order valence-electron chi connectivity index (χ2n) is 7.18. The molecule has 2 aromatic rings. The maximum atomic E-state index is 2.55. The molecule has 1 fully saturated rings. The van der Waals surface area contributed by atoms with Crippen molar-refractivity contribution in [3.05, 3.63) is 48.5 Å². The van der Waals surface area contributed by atoms with Gasteiger partial charge in [-0.15, -0.1) is 12.4 Å². The summed E-state index contributed by atoms with van der Waals surface area (Å²) in [7, 11) is 2.25. The number of para-hydroxylation sites is 2. The van der Waals surface area contributed by atoms with Crippen LogP contribution in [0.3, 0.4) is 0 Å². The number of anilines is 2. The van der Waals surface area contributed by atoms with E-state index in [1.807, 2.05) is 11.8 Å². The Balaban J connectivity index is 0.00000169. The van der Waals surface area contributed by atoms with Gasteiger partial charge in [0.05, 0.1) is 11.4 Å². The van der Waals surface area contributed by atoms with E-state index in [2.05, 4.69) is 79.2 Å². The molecule has 0 aromatic heterocycles. The highest BCUT2D eigenvalue weighted by Gasteiger charge is 2.41. The van der Waals surface area contributed by atoms with Crippen molar-refractivity contribution < 1.29 is 0 Å². The smallest absolute Gasteiger partial charge is 0.0553 e. The number of fused-ring (bicyclic) bond motifs is 2. The molecule has 2 unspecified atom stereocenters. The van der Waals surface area contributed by atoms with Crippen LogP contribution in [0.5, 0.6) is 0 Å². The third-order valence-corrected chi connectivity index (χ3v) is 6.89. The van der Waals surface area contributed by atoms with Crippen LogP contribution in [0, 0.1) is 5.41 Å². The van der Waals surface area contributed by atoms with Crippen LogP contribution in [0.2, 0.25) is 0 Å². The average Bonchev–Trinajstić information content (AvgIpc) is 2.82. The Morgan fingerprint density at radius 2 is 1.58 bits per heavy atom. The van der Waals surface area contributed by atoms with Gasteiger partial charge in [-0.2, -0.15) is 0 Å². The van der Waals surface area contributed by atoms with E-state index in [0.717, 1.165) is 6.54 Å². The van der Waals surface area contributed by atoms with Crippen molar-refractivity contribution in [2.24, 2.45) is 5.41 Å². The van der Waals surface area contributed by atoms with Gasteiger partial charge in [0.15, 0.2) is 0 Å². The van der Waals surface area contributed by atoms with Gasteiger partial charge in [-0.1, -0.05) is 43.0 Å². The molecule has 2 atom stereocenters. The Hall–Kier alpha value is -1.16. The maximum absolute atomic E-state index is 2.55. The summed E-state index contributed by atoms with van der Waals surface area (Å²) in [4.78, 5) is 7.79. The number of rotatable bonds is 2. The maximum Gasteiger partial charge on any atom is 0.0553 e. The Bertz CT molecular complexity index is 690. The van der Waals surface area contributed by atoms with Crippen molar-refractivity contribution in [2.45, 2.75) is 36.1 Å². The van der Waals surface area contributed by atoms with Gasteiger partial charge >= 0.3 is 0 Å². The molecule has 0 radical (unpaired) electrons. The number of benzene rings is 2. The molecule has 2 aliphatic rings. The Labute approximate surface area is 155 Å². The molecule has 2 aliphatic heterocycles. The largest absolute Gasteiger partial charge is 0.339 e. The predicted octanol–water partition coefficient (Wildman–Crippen LogP) is 5.44. The van der Waals surface area contributed by atoms with Crippen molar-refractivity contribution in [2.75, 3.05) is 25.0 Å². The number of nitrogens with zero attached hydrogens (tertiary/aromatic N) is 2.